The highest BCUT2D eigenvalue weighted by molar-refractivity contribution is 9.10. The van der Waals surface area contributed by atoms with Gasteiger partial charge in [-0.2, -0.15) is 0 Å². The van der Waals surface area contributed by atoms with Crippen molar-refractivity contribution in [3.8, 4) is 0 Å². The summed E-state index contributed by atoms with van der Waals surface area (Å²) >= 11 is 3.34. The Kier molecular flexibility index (Phi) is 6.96. The molecule has 5 heteroatoms. The van der Waals surface area contributed by atoms with Crippen LogP contribution in [-0.2, 0) is 4.79 Å². The van der Waals surface area contributed by atoms with Gasteiger partial charge in [0.2, 0.25) is 5.91 Å². The van der Waals surface area contributed by atoms with Crippen molar-refractivity contribution in [1.29, 1.82) is 0 Å². The van der Waals surface area contributed by atoms with E-state index in [0.717, 1.165) is 17.6 Å². The van der Waals surface area contributed by atoms with Gasteiger partial charge in [-0.05, 0) is 61.8 Å². The molecule has 1 unspecified atom stereocenters. The second-order valence-corrected chi connectivity index (χ2v) is 7.53. The molecule has 0 aliphatic carbocycles. The largest absolute Gasteiger partial charge is 0.351 e. The summed E-state index contributed by atoms with van der Waals surface area (Å²) in [5.41, 5.74) is 1.76. The third kappa shape index (κ3) is 5.62. The molecule has 1 saturated heterocycles. The molecule has 1 fully saturated rings. The minimum atomic E-state index is -0.249. The van der Waals surface area contributed by atoms with Gasteiger partial charge in [0, 0.05) is 22.7 Å². The summed E-state index contributed by atoms with van der Waals surface area (Å²) in [5.74, 6) is -0.433. The number of halogens is 1. The van der Waals surface area contributed by atoms with Crippen LogP contribution < -0.4 is 5.32 Å². The van der Waals surface area contributed by atoms with Crippen LogP contribution in [0.5, 0.6) is 0 Å². The molecule has 0 spiro atoms. The molecule has 140 valence electrons. The Bertz CT molecular complexity index is 797. The van der Waals surface area contributed by atoms with Crippen molar-refractivity contribution < 1.29 is 9.59 Å². The van der Waals surface area contributed by atoms with E-state index in [0.29, 0.717) is 12.1 Å². The Morgan fingerprint density at radius 1 is 1.00 bits per heavy atom. The molecule has 1 heterocycles. The normalized spacial score (nSPS) is 15.7. The number of allylic oxidation sites excluding steroid dienone is 1. The van der Waals surface area contributed by atoms with Crippen LogP contribution in [0.15, 0.2) is 71.2 Å². The average Bonchev–Trinajstić information content (AvgIpc) is 3.22. The summed E-state index contributed by atoms with van der Waals surface area (Å²) in [5, 5.41) is 2.95. The number of hydrogen-bond donors (Lipinski definition) is 1. The third-order valence-electron chi connectivity index (χ3n) is 4.75. The molecule has 1 aliphatic rings. The second-order valence-electron chi connectivity index (χ2n) is 6.62. The van der Waals surface area contributed by atoms with Gasteiger partial charge < -0.3 is 5.32 Å². The van der Waals surface area contributed by atoms with Crippen LogP contribution in [0.3, 0.4) is 0 Å². The Morgan fingerprint density at radius 2 is 1.67 bits per heavy atom. The summed E-state index contributed by atoms with van der Waals surface area (Å²) in [6.07, 6.45) is 5.03. The molecule has 0 radical (unpaired) electrons. The highest BCUT2D eigenvalue weighted by Crippen LogP contribution is 2.24. The Morgan fingerprint density at radius 3 is 2.33 bits per heavy atom. The zero-order valence-electron chi connectivity index (χ0n) is 15.1. The molecule has 1 aliphatic heterocycles. The predicted molar refractivity (Wildman–Crippen MR) is 111 cm³/mol. The molecule has 0 aromatic heterocycles. The molecule has 4 nitrogen and oxygen atoms in total. The second kappa shape index (κ2) is 9.62. The minimum absolute atomic E-state index is 0.160. The maximum absolute atomic E-state index is 12.2. The third-order valence-corrected chi connectivity index (χ3v) is 5.28. The van der Waals surface area contributed by atoms with Gasteiger partial charge in [0.05, 0.1) is 6.04 Å². The van der Waals surface area contributed by atoms with E-state index in [1.165, 1.54) is 30.6 Å². The predicted octanol–water partition coefficient (Wildman–Crippen LogP) is 4.14. The number of likely N-dealkylation sites (tertiary alicyclic amines) is 1. The minimum Gasteiger partial charge on any atom is -0.351 e. The number of nitrogens with zero attached hydrogens (tertiary/aromatic N) is 1. The first-order valence-electron chi connectivity index (χ1n) is 9.18. The van der Waals surface area contributed by atoms with Crippen LogP contribution in [0.1, 0.15) is 34.8 Å². The highest BCUT2D eigenvalue weighted by atomic mass is 79.9. The van der Waals surface area contributed by atoms with E-state index in [-0.39, 0.29) is 17.7 Å². The van der Waals surface area contributed by atoms with Crippen molar-refractivity contribution in [1.82, 2.24) is 10.2 Å². The smallest absolute Gasteiger partial charge is 0.244 e. The highest BCUT2D eigenvalue weighted by Gasteiger charge is 2.23. The van der Waals surface area contributed by atoms with Crippen LogP contribution in [0.4, 0.5) is 0 Å². The summed E-state index contributed by atoms with van der Waals surface area (Å²) in [4.78, 5) is 26.8. The summed E-state index contributed by atoms with van der Waals surface area (Å²) in [6, 6.07) is 17.5. The van der Waals surface area contributed by atoms with Gasteiger partial charge in [0.25, 0.3) is 0 Å². The summed E-state index contributed by atoms with van der Waals surface area (Å²) in [7, 11) is 0. The van der Waals surface area contributed by atoms with E-state index in [1.807, 2.05) is 30.3 Å². The number of carbonyl (C=O) groups excluding carboxylic acids is 2. The lowest BCUT2D eigenvalue weighted by Crippen LogP contribution is -2.36. The molecule has 27 heavy (non-hydrogen) atoms. The molecular formula is C22H23BrN2O2. The van der Waals surface area contributed by atoms with Crippen LogP contribution >= 0.6 is 15.9 Å². The van der Waals surface area contributed by atoms with Crippen molar-refractivity contribution in [2.45, 2.75) is 18.9 Å². The summed E-state index contributed by atoms with van der Waals surface area (Å²) < 4.78 is 0.912. The molecule has 1 amide bonds. The van der Waals surface area contributed by atoms with E-state index >= 15 is 0 Å². The number of benzene rings is 2. The van der Waals surface area contributed by atoms with E-state index < -0.39 is 0 Å². The number of ketones is 1. The number of hydrogen-bond acceptors (Lipinski definition) is 3. The number of amides is 1. The standard InChI is InChI=1S/C22H23BrN2O2/c23-19-10-8-18(9-11-19)21(26)12-13-22(27)24-16-20(25-14-4-5-15-25)17-6-2-1-3-7-17/h1-3,6-13,20H,4-5,14-16H2,(H,24,27)/b13-12+. The van der Waals surface area contributed by atoms with Crippen molar-refractivity contribution in [2.75, 3.05) is 19.6 Å². The molecule has 2 aromatic rings. The first-order valence-corrected chi connectivity index (χ1v) is 9.97. The van der Waals surface area contributed by atoms with Crippen LogP contribution in [-0.4, -0.2) is 36.2 Å². The Hall–Kier alpha value is -2.24. The molecule has 2 aromatic carbocycles. The Balaban J connectivity index is 1.58. The SMILES string of the molecule is O=C(/C=C/C(=O)c1ccc(Br)cc1)NCC(c1ccccc1)N1CCCC1. The molecule has 1 atom stereocenters. The summed E-state index contributed by atoms with van der Waals surface area (Å²) in [6.45, 7) is 2.63. The van der Waals surface area contributed by atoms with E-state index in [2.05, 4.69) is 38.3 Å². The quantitative estimate of drug-likeness (QED) is 0.534. The first kappa shape index (κ1) is 19.5. The fraction of sp³-hybridized carbons (Fsp3) is 0.273. The van der Waals surface area contributed by atoms with Crippen LogP contribution in [0.2, 0.25) is 0 Å². The van der Waals surface area contributed by atoms with E-state index in [9.17, 15) is 9.59 Å². The van der Waals surface area contributed by atoms with Gasteiger partial charge in [-0.25, -0.2) is 0 Å². The first-order chi connectivity index (χ1) is 13.1. The number of rotatable bonds is 7. The average molecular weight is 427 g/mol. The van der Waals surface area contributed by atoms with Crippen molar-refractivity contribution in [3.05, 3.63) is 82.3 Å². The van der Waals surface area contributed by atoms with E-state index in [4.69, 9.17) is 0 Å². The van der Waals surface area contributed by atoms with Crippen molar-refractivity contribution >= 4 is 27.6 Å². The van der Waals surface area contributed by atoms with Gasteiger partial charge in [0.15, 0.2) is 5.78 Å². The molecule has 0 saturated carbocycles. The van der Waals surface area contributed by atoms with Crippen LogP contribution in [0.25, 0.3) is 0 Å². The van der Waals surface area contributed by atoms with Gasteiger partial charge in [-0.1, -0.05) is 46.3 Å². The molecule has 0 bridgehead atoms. The van der Waals surface area contributed by atoms with E-state index in [1.54, 1.807) is 12.1 Å². The van der Waals surface area contributed by atoms with Gasteiger partial charge in [0.1, 0.15) is 0 Å². The van der Waals surface area contributed by atoms with Crippen LogP contribution in [0, 0.1) is 0 Å². The van der Waals surface area contributed by atoms with Gasteiger partial charge in [-0.15, -0.1) is 0 Å². The fourth-order valence-electron chi connectivity index (χ4n) is 3.30. The maximum Gasteiger partial charge on any atom is 0.244 e. The lowest BCUT2D eigenvalue weighted by atomic mass is 10.1. The Labute approximate surface area is 168 Å². The lowest BCUT2D eigenvalue weighted by molar-refractivity contribution is -0.116. The molecule has 3 rings (SSSR count). The van der Waals surface area contributed by atoms with Gasteiger partial charge >= 0.3 is 0 Å². The van der Waals surface area contributed by atoms with Crippen molar-refractivity contribution in [2.24, 2.45) is 0 Å². The topological polar surface area (TPSA) is 49.4 Å². The zero-order chi connectivity index (χ0) is 19.1. The lowest BCUT2D eigenvalue weighted by Gasteiger charge is -2.28. The zero-order valence-corrected chi connectivity index (χ0v) is 16.7. The fourth-order valence-corrected chi connectivity index (χ4v) is 3.57. The maximum atomic E-state index is 12.2. The van der Waals surface area contributed by atoms with Crippen molar-refractivity contribution in [3.63, 3.8) is 0 Å². The van der Waals surface area contributed by atoms with Gasteiger partial charge in [-0.3, -0.25) is 14.5 Å². The number of nitrogens with one attached hydrogen (secondary N) is 1. The monoisotopic (exact) mass is 426 g/mol. The number of carbonyl (C=O) groups is 2. The molecular weight excluding hydrogens is 404 g/mol. The molecule has 1 N–H and O–H groups in total.